The van der Waals surface area contributed by atoms with E-state index in [1.54, 1.807) is 11.3 Å². The highest BCUT2D eigenvalue weighted by Gasteiger charge is 2.50. The molecule has 2 aliphatic rings. The number of thiophene rings is 1. The number of nitrogens with zero attached hydrogens (tertiary/aromatic N) is 1. The fraction of sp³-hybridized carbons (Fsp3) is 0.688. The molecule has 0 unspecified atom stereocenters. The van der Waals surface area contributed by atoms with E-state index in [0.717, 1.165) is 32.5 Å². The Balaban J connectivity index is 0.00000161. The third-order valence-corrected chi connectivity index (χ3v) is 6.02. The predicted molar refractivity (Wildman–Crippen MR) is 90.2 cm³/mol. The molecule has 1 aromatic heterocycles. The molecule has 1 aliphatic heterocycles. The Morgan fingerprint density at radius 1 is 1.52 bits per heavy atom. The monoisotopic (exact) mass is 328 g/mol. The molecule has 1 amide bonds. The first-order valence-electron chi connectivity index (χ1n) is 7.71. The van der Waals surface area contributed by atoms with Gasteiger partial charge in [-0.15, -0.1) is 23.7 Å². The van der Waals surface area contributed by atoms with Gasteiger partial charge in [-0.1, -0.05) is 18.9 Å². The maximum absolute atomic E-state index is 13.0. The van der Waals surface area contributed by atoms with Gasteiger partial charge in [0.15, 0.2) is 0 Å². The second-order valence-corrected chi connectivity index (χ2v) is 7.32. The number of carbonyl (C=O) groups excluding carboxylic acids is 1. The summed E-state index contributed by atoms with van der Waals surface area (Å²) in [7, 11) is 1.98. The second-order valence-electron chi connectivity index (χ2n) is 6.29. The summed E-state index contributed by atoms with van der Waals surface area (Å²) in [4.78, 5) is 16.3. The number of rotatable bonds is 4. The lowest BCUT2D eigenvalue weighted by atomic mass is 9.67. The molecule has 2 atom stereocenters. The summed E-state index contributed by atoms with van der Waals surface area (Å²) in [6.07, 6.45) is 5.78. The van der Waals surface area contributed by atoms with Crippen molar-refractivity contribution in [2.24, 2.45) is 11.3 Å². The first kappa shape index (κ1) is 16.8. The van der Waals surface area contributed by atoms with Gasteiger partial charge in [0.05, 0.1) is 5.41 Å². The lowest BCUT2D eigenvalue weighted by molar-refractivity contribution is -0.143. The van der Waals surface area contributed by atoms with Crippen LogP contribution >= 0.6 is 23.7 Å². The maximum Gasteiger partial charge on any atom is 0.230 e. The highest BCUT2D eigenvalue weighted by Crippen LogP contribution is 2.44. The quantitative estimate of drug-likeness (QED) is 0.921. The number of hydrogen-bond acceptors (Lipinski definition) is 3. The first-order valence-corrected chi connectivity index (χ1v) is 8.59. The van der Waals surface area contributed by atoms with Crippen LogP contribution in [0.25, 0.3) is 0 Å². The molecule has 118 valence electrons. The molecule has 2 fully saturated rings. The molecule has 0 radical (unpaired) electrons. The maximum atomic E-state index is 13.0. The van der Waals surface area contributed by atoms with E-state index in [9.17, 15) is 4.79 Å². The number of carbonyl (C=O) groups is 1. The zero-order chi connectivity index (χ0) is 14.0. The van der Waals surface area contributed by atoms with Crippen LogP contribution in [0.2, 0.25) is 0 Å². The van der Waals surface area contributed by atoms with Crippen LogP contribution in [-0.2, 0) is 11.2 Å². The van der Waals surface area contributed by atoms with Crippen molar-refractivity contribution in [3.63, 3.8) is 0 Å². The van der Waals surface area contributed by atoms with Crippen molar-refractivity contribution in [1.82, 2.24) is 10.2 Å². The molecule has 5 heteroatoms. The molecule has 3 nitrogen and oxygen atoms in total. The molecule has 1 aliphatic carbocycles. The average Bonchev–Trinajstić information content (AvgIpc) is 3.13. The van der Waals surface area contributed by atoms with Gasteiger partial charge in [-0.3, -0.25) is 4.79 Å². The summed E-state index contributed by atoms with van der Waals surface area (Å²) in [6.45, 7) is 2.76. The van der Waals surface area contributed by atoms with Crippen LogP contribution in [-0.4, -0.2) is 37.5 Å². The molecule has 0 bridgehead atoms. The van der Waals surface area contributed by atoms with E-state index in [1.165, 1.54) is 24.1 Å². The zero-order valence-corrected chi connectivity index (χ0v) is 14.3. The Hall–Kier alpha value is -0.580. The van der Waals surface area contributed by atoms with Crippen molar-refractivity contribution < 1.29 is 4.79 Å². The Kier molecular flexibility index (Phi) is 5.69. The number of fused-ring (bicyclic) bond motifs is 1. The Bertz CT molecular complexity index is 465. The number of halogens is 1. The Labute approximate surface area is 137 Å². The van der Waals surface area contributed by atoms with Crippen LogP contribution in [0.3, 0.4) is 0 Å². The van der Waals surface area contributed by atoms with Crippen LogP contribution < -0.4 is 5.32 Å². The molecule has 1 saturated carbocycles. The van der Waals surface area contributed by atoms with E-state index in [0.29, 0.717) is 11.8 Å². The molecule has 0 spiro atoms. The lowest BCUT2D eigenvalue weighted by Gasteiger charge is -2.39. The van der Waals surface area contributed by atoms with Gasteiger partial charge < -0.3 is 10.2 Å². The summed E-state index contributed by atoms with van der Waals surface area (Å²) in [6, 6.07) is 4.24. The average molecular weight is 329 g/mol. The second kappa shape index (κ2) is 7.12. The van der Waals surface area contributed by atoms with Crippen molar-refractivity contribution in [3.05, 3.63) is 22.4 Å². The fourth-order valence-electron chi connectivity index (χ4n) is 3.88. The number of amides is 1. The lowest BCUT2D eigenvalue weighted by Crippen LogP contribution is -2.48. The van der Waals surface area contributed by atoms with Gasteiger partial charge in [-0.25, -0.2) is 0 Å². The van der Waals surface area contributed by atoms with Gasteiger partial charge in [-0.05, 0) is 43.2 Å². The van der Waals surface area contributed by atoms with Gasteiger partial charge in [0, 0.05) is 25.0 Å². The molecule has 1 saturated heterocycles. The number of nitrogens with one attached hydrogen (secondary N) is 1. The van der Waals surface area contributed by atoms with Crippen LogP contribution in [0.1, 0.15) is 30.6 Å². The molecule has 0 aromatic carbocycles. The molecule has 1 N–H and O–H groups in total. The van der Waals surface area contributed by atoms with E-state index in [4.69, 9.17) is 0 Å². The number of likely N-dealkylation sites (N-methyl/N-ethyl adjacent to an activating group) is 1. The number of hydrogen-bond donors (Lipinski definition) is 1. The Morgan fingerprint density at radius 3 is 3.14 bits per heavy atom. The standard InChI is InChI=1S/C16H24N2OS.ClH/c1-18(9-7-14-6-4-10-20-14)15(19)16-8-3-2-5-13(16)11-17-12-16;/h4,6,10,13,17H,2-3,5,7-9,11-12H2,1H3;1H/t13-,16+;/m0./s1. The molecular weight excluding hydrogens is 304 g/mol. The van der Waals surface area contributed by atoms with Crippen molar-refractivity contribution in [1.29, 1.82) is 0 Å². The van der Waals surface area contributed by atoms with E-state index < -0.39 is 0 Å². The topological polar surface area (TPSA) is 32.3 Å². The van der Waals surface area contributed by atoms with Crippen LogP contribution in [0.15, 0.2) is 17.5 Å². The summed E-state index contributed by atoms with van der Waals surface area (Å²) in [5, 5.41) is 5.57. The molecular formula is C16H25ClN2OS. The normalized spacial score (nSPS) is 27.8. The summed E-state index contributed by atoms with van der Waals surface area (Å²) in [5.41, 5.74) is -0.0948. The van der Waals surface area contributed by atoms with Crippen molar-refractivity contribution >= 4 is 29.7 Å². The third-order valence-electron chi connectivity index (χ3n) is 5.08. The van der Waals surface area contributed by atoms with E-state index in [1.807, 2.05) is 11.9 Å². The van der Waals surface area contributed by atoms with E-state index in [2.05, 4.69) is 22.8 Å². The highest BCUT2D eigenvalue weighted by atomic mass is 35.5. The largest absolute Gasteiger partial charge is 0.345 e. The predicted octanol–water partition coefficient (Wildman–Crippen LogP) is 2.95. The summed E-state index contributed by atoms with van der Waals surface area (Å²) in [5.74, 6) is 0.941. The van der Waals surface area contributed by atoms with Crippen LogP contribution in [0, 0.1) is 11.3 Å². The highest BCUT2D eigenvalue weighted by molar-refractivity contribution is 7.09. The smallest absolute Gasteiger partial charge is 0.230 e. The minimum absolute atomic E-state index is 0. The van der Waals surface area contributed by atoms with Gasteiger partial charge in [0.2, 0.25) is 5.91 Å². The van der Waals surface area contributed by atoms with Crippen molar-refractivity contribution in [2.75, 3.05) is 26.7 Å². The van der Waals surface area contributed by atoms with E-state index in [-0.39, 0.29) is 17.8 Å². The van der Waals surface area contributed by atoms with Crippen LogP contribution in [0.5, 0.6) is 0 Å². The van der Waals surface area contributed by atoms with Gasteiger partial charge in [0.25, 0.3) is 0 Å². The van der Waals surface area contributed by atoms with E-state index >= 15 is 0 Å². The van der Waals surface area contributed by atoms with Gasteiger partial charge in [-0.2, -0.15) is 0 Å². The Morgan fingerprint density at radius 2 is 2.38 bits per heavy atom. The minimum Gasteiger partial charge on any atom is -0.345 e. The first-order chi connectivity index (χ1) is 9.72. The SMILES string of the molecule is CN(CCc1cccs1)C(=O)[C@@]12CCCC[C@H]1CNC2.Cl. The van der Waals surface area contributed by atoms with Gasteiger partial charge in [0.1, 0.15) is 0 Å². The third kappa shape index (κ3) is 3.27. The molecule has 1 aromatic rings. The molecule has 21 heavy (non-hydrogen) atoms. The molecule has 3 rings (SSSR count). The molecule has 2 heterocycles. The summed E-state index contributed by atoms with van der Waals surface area (Å²) >= 11 is 1.78. The zero-order valence-electron chi connectivity index (χ0n) is 12.6. The summed E-state index contributed by atoms with van der Waals surface area (Å²) < 4.78 is 0. The minimum atomic E-state index is -0.0948. The van der Waals surface area contributed by atoms with Gasteiger partial charge >= 0.3 is 0 Å². The van der Waals surface area contributed by atoms with Crippen LogP contribution in [0.4, 0.5) is 0 Å². The fourth-order valence-corrected chi connectivity index (χ4v) is 4.58. The van der Waals surface area contributed by atoms with Crippen molar-refractivity contribution in [2.45, 2.75) is 32.1 Å². The van der Waals surface area contributed by atoms with Crippen molar-refractivity contribution in [3.8, 4) is 0 Å².